The molecule has 0 amide bonds. The second-order valence-corrected chi connectivity index (χ2v) is 8.97. The van der Waals surface area contributed by atoms with Gasteiger partial charge in [0.25, 0.3) is 0 Å². The number of hydrogen-bond acceptors (Lipinski definition) is 7. The van der Waals surface area contributed by atoms with E-state index in [9.17, 15) is 9.32 Å². The number of benzene rings is 2. The molecule has 0 radical (unpaired) electrons. The monoisotopic (exact) mass is 451 g/mol. The molecule has 0 fully saturated rings. The molecule has 9 heteroatoms. The van der Waals surface area contributed by atoms with Crippen molar-refractivity contribution in [2.24, 2.45) is 5.14 Å². The second-order valence-electron chi connectivity index (χ2n) is 7.04. The Morgan fingerprint density at radius 1 is 1.25 bits per heavy atom. The van der Waals surface area contributed by atoms with Gasteiger partial charge in [-0.25, -0.2) is 9.19 Å². The van der Waals surface area contributed by atoms with E-state index in [0.29, 0.717) is 27.9 Å². The Labute approximate surface area is 188 Å². The molecule has 1 unspecified atom stereocenters. The first-order valence-electron chi connectivity index (χ1n) is 9.71. The zero-order valence-corrected chi connectivity index (χ0v) is 18.6. The van der Waals surface area contributed by atoms with E-state index in [0.717, 1.165) is 11.3 Å². The van der Waals surface area contributed by atoms with Gasteiger partial charge in [-0.15, -0.1) is 0 Å². The smallest absolute Gasteiger partial charge is 0.229 e. The van der Waals surface area contributed by atoms with Crippen LogP contribution in [0.15, 0.2) is 59.6 Å². The number of aliphatic hydroxyl groups excluding tert-OH is 1. The molecule has 0 aliphatic heterocycles. The van der Waals surface area contributed by atoms with Crippen molar-refractivity contribution in [3.8, 4) is 17.6 Å². The molecule has 1 heterocycles. The number of methoxy groups -OCH3 is 1. The van der Waals surface area contributed by atoms with Crippen LogP contribution in [0.4, 0.5) is 17.5 Å². The van der Waals surface area contributed by atoms with E-state index in [2.05, 4.69) is 38.3 Å². The van der Waals surface area contributed by atoms with Gasteiger partial charge in [0.1, 0.15) is 11.6 Å². The van der Waals surface area contributed by atoms with Crippen LogP contribution in [0.2, 0.25) is 0 Å². The molecular weight excluding hydrogens is 426 g/mol. The quantitative estimate of drug-likeness (QED) is 0.321. The molecule has 0 aliphatic carbocycles. The van der Waals surface area contributed by atoms with Crippen LogP contribution in [-0.2, 0) is 9.71 Å². The molecule has 2 aromatic carbocycles. The summed E-state index contributed by atoms with van der Waals surface area (Å²) in [4.78, 5) is 9.25. The van der Waals surface area contributed by atoms with Crippen LogP contribution in [0.5, 0.6) is 5.75 Å². The van der Waals surface area contributed by atoms with Gasteiger partial charge < -0.3 is 20.5 Å². The van der Waals surface area contributed by atoms with Crippen molar-refractivity contribution in [1.82, 2.24) is 9.97 Å². The normalized spacial score (nSPS) is 13.2. The molecule has 8 nitrogen and oxygen atoms in total. The number of ether oxygens (including phenoxy) is 1. The predicted molar refractivity (Wildman–Crippen MR) is 129 cm³/mol. The van der Waals surface area contributed by atoms with Gasteiger partial charge in [-0.05, 0) is 55.3 Å². The third-order valence-electron chi connectivity index (χ3n) is 4.37. The SMILES string of the molecule is C=S(N)(=O)c1cccc(Nc2ncc(C#Cc3ccc(OC)cc3)c(N[C@H](C)CO)n2)c1. The number of nitrogens with zero attached hydrogens (tertiary/aromatic N) is 2. The predicted octanol–water partition coefficient (Wildman–Crippen LogP) is 2.37. The summed E-state index contributed by atoms with van der Waals surface area (Å²) < 4.78 is 17.2. The van der Waals surface area contributed by atoms with E-state index >= 15 is 0 Å². The summed E-state index contributed by atoms with van der Waals surface area (Å²) in [6, 6.07) is 13.9. The summed E-state index contributed by atoms with van der Waals surface area (Å²) in [5.74, 6) is 11.2. The minimum atomic E-state index is -2.84. The Kier molecular flexibility index (Phi) is 7.33. The topological polar surface area (TPSA) is 122 Å². The van der Waals surface area contributed by atoms with Crippen molar-refractivity contribution < 1.29 is 14.1 Å². The summed E-state index contributed by atoms with van der Waals surface area (Å²) >= 11 is 0. The molecule has 0 aliphatic rings. The fraction of sp³-hybridized carbons (Fsp3) is 0.174. The zero-order chi connectivity index (χ0) is 23.1. The van der Waals surface area contributed by atoms with Crippen molar-refractivity contribution in [2.45, 2.75) is 17.9 Å². The lowest BCUT2D eigenvalue weighted by molar-refractivity contribution is 0.281. The van der Waals surface area contributed by atoms with Crippen molar-refractivity contribution in [3.05, 3.63) is 65.9 Å². The van der Waals surface area contributed by atoms with Crippen molar-refractivity contribution in [3.63, 3.8) is 0 Å². The maximum Gasteiger partial charge on any atom is 0.229 e. The number of aliphatic hydroxyl groups is 1. The molecule has 3 aromatic rings. The minimum Gasteiger partial charge on any atom is -0.497 e. The fourth-order valence-electron chi connectivity index (χ4n) is 2.65. The van der Waals surface area contributed by atoms with Gasteiger partial charge >= 0.3 is 0 Å². The minimum absolute atomic E-state index is 0.0749. The summed E-state index contributed by atoms with van der Waals surface area (Å²) in [5, 5.41) is 21.3. The third kappa shape index (κ3) is 6.21. The Balaban J connectivity index is 1.90. The summed E-state index contributed by atoms with van der Waals surface area (Å²) in [5.41, 5.74) is 2.00. The van der Waals surface area contributed by atoms with Crippen LogP contribution >= 0.6 is 0 Å². The van der Waals surface area contributed by atoms with Crippen LogP contribution in [-0.4, -0.2) is 44.9 Å². The van der Waals surface area contributed by atoms with Crippen molar-refractivity contribution in [2.75, 3.05) is 24.4 Å². The molecule has 0 saturated carbocycles. The Hall–Kier alpha value is -3.58. The lowest BCUT2D eigenvalue weighted by Gasteiger charge is -2.14. The maximum atomic E-state index is 12.0. The largest absolute Gasteiger partial charge is 0.497 e. The number of rotatable bonds is 7. The second kappa shape index (κ2) is 10.2. The Bertz CT molecular complexity index is 1250. The molecule has 0 spiro atoms. The zero-order valence-electron chi connectivity index (χ0n) is 17.8. The van der Waals surface area contributed by atoms with E-state index in [4.69, 9.17) is 9.88 Å². The van der Waals surface area contributed by atoms with Gasteiger partial charge in [0.15, 0.2) is 0 Å². The first-order valence-corrected chi connectivity index (χ1v) is 11.5. The highest BCUT2D eigenvalue weighted by Crippen LogP contribution is 2.20. The van der Waals surface area contributed by atoms with Gasteiger partial charge in [-0.2, -0.15) is 4.98 Å². The van der Waals surface area contributed by atoms with E-state index in [1.54, 1.807) is 37.6 Å². The van der Waals surface area contributed by atoms with Crippen molar-refractivity contribution in [1.29, 1.82) is 0 Å². The highest BCUT2D eigenvalue weighted by Gasteiger charge is 2.10. The average molecular weight is 452 g/mol. The molecule has 1 aromatic heterocycles. The number of aromatic nitrogens is 2. The van der Waals surface area contributed by atoms with Crippen LogP contribution < -0.4 is 20.5 Å². The summed E-state index contributed by atoms with van der Waals surface area (Å²) in [7, 11) is -1.23. The third-order valence-corrected chi connectivity index (χ3v) is 5.42. The highest BCUT2D eigenvalue weighted by molar-refractivity contribution is 7.98. The molecule has 2 atom stereocenters. The lowest BCUT2D eigenvalue weighted by atomic mass is 10.2. The molecule has 0 bridgehead atoms. The Morgan fingerprint density at radius 2 is 2.00 bits per heavy atom. The number of anilines is 3. The molecule has 0 saturated heterocycles. The van der Waals surface area contributed by atoms with Gasteiger partial charge in [0.05, 0.1) is 35.2 Å². The van der Waals surface area contributed by atoms with Gasteiger partial charge in [-0.1, -0.05) is 17.9 Å². The summed E-state index contributed by atoms with van der Waals surface area (Å²) in [6.45, 7) is 1.75. The van der Waals surface area contributed by atoms with Crippen LogP contribution in [0.1, 0.15) is 18.1 Å². The van der Waals surface area contributed by atoms with Gasteiger partial charge in [0, 0.05) is 22.2 Å². The number of nitrogens with one attached hydrogen (secondary N) is 2. The molecule has 166 valence electrons. The number of nitrogens with two attached hydrogens (primary N) is 1. The molecule has 5 N–H and O–H groups in total. The van der Waals surface area contributed by atoms with Crippen molar-refractivity contribution >= 4 is 33.0 Å². The van der Waals surface area contributed by atoms with Crippen LogP contribution in [0.25, 0.3) is 0 Å². The van der Waals surface area contributed by atoms with Crippen LogP contribution in [0, 0.1) is 11.8 Å². The Morgan fingerprint density at radius 3 is 2.66 bits per heavy atom. The lowest BCUT2D eigenvalue weighted by Crippen LogP contribution is -2.21. The molecule has 32 heavy (non-hydrogen) atoms. The number of hydrogen-bond donors (Lipinski definition) is 4. The first kappa shape index (κ1) is 23.1. The highest BCUT2D eigenvalue weighted by atomic mass is 32.2. The van der Waals surface area contributed by atoms with Gasteiger partial charge in [0.2, 0.25) is 5.95 Å². The standard InChI is InChI=1S/C23H25N5O3S/c1-16(15-29)26-22-18(10-7-17-8-11-20(31-2)12-9-17)14-25-23(28-22)27-19-5-4-6-21(13-19)32(3,24)30/h4-6,8-9,11-14,16,29H,3,15H2,1-2H3,(H2,24,30)(H2,25,26,27,28)/t16-,32?/m1/s1. The molecule has 3 rings (SSSR count). The van der Waals surface area contributed by atoms with E-state index < -0.39 is 9.71 Å². The average Bonchev–Trinajstić information content (AvgIpc) is 2.78. The van der Waals surface area contributed by atoms with E-state index in [-0.39, 0.29) is 12.6 Å². The molecular formula is C23H25N5O3S. The fourth-order valence-corrected chi connectivity index (χ4v) is 3.29. The van der Waals surface area contributed by atoms with Gasteiger partial charge in [-0.3, -0.25) is 5.14 Å². The van der Waals surface area contributed by atoms with E-state index in [1.807, 2.05) is 31.2 Å². The maximum absolute atomic E-state index is 12.0. The summed E-state index contributed by atoms with van der Waals surface area (Å²) in [6.07, 6.45) is 1.59. The van der Waals surface area contributed by atoms with Crippen LogP contribution in [0.3, 0.4) is 0 Å². The first-order chi connectivity index (χ1) is 15.3. The van der Waals surface area contributed by atoms with E-state index in [1.165, 1.54) is 0 Å².